The predicted octanol–water partition coefficient (Wildman–Crippen LogP) is 1.54. The van der Waals surface area contributed by atoms with Crippen molar-refractivity contribution in [3.8, 4) is 0 Å². The SMILES string of the molecule is CC(=O)CN(C(C)=O)c1ccccc1[N+](=O)[O-]. The van der Waals surface area contributed by atoms with Crippen molar-refractivity contribution in [2.75, 3.05) is 11.4 Å². The largest absolute Gasteiger partial charge is 0.299 e. The van der Waals surface area contributed by atoms with Gasteiger partial charge in [-0.15, -0.1) is 0 Å². The van der Waals surface area contributed by atoms with Crippen LogP contribution in [0, 0.1) is 10.1 Å². The summed E-state index contributed by atoms with van der Waals surface area (Å²) in [6.45, 7) is 2.42. The Hall–Kier alpha value is -2.24. The van der Waals surface area contributed by atoms with Gasteiger partial charge in [-0.25, -0.2) is 0 Å². The van der Waals surface area contributed by atoms with Crippen molar-refractivity contribution in [1.82, 2.24) is 0 Å². The number of carbonyl (C=O) groups is 2. The Morgan fingerprint density at radius 2 is 1.88 bits per heavy atom. The van der Waals surface area contributed by atoms with Crippen molar-refractivity contribution in [1.29, 1.82) is 0 Å². The lowest BCUT2D eigenvalue weighted by Crippen LogP contribution is -2.33. The number of benzene rings is 1. The van der Waals surface area contributed by atoms with Crippen LogP contribution in [0.15, 0.2) is 24.3 Å². The lowest BCUT2D eigenvalue weighted by atomic mass is 10.2. The fraction of sp³-hybridized carbons (Fsp3) is 0.273. The third kappa shape index (κ3) is 3.10. The van der Waals surface area contributed by atoms with Crippen LogP contribution in [0.5, 0.6) is 0 Å². The van der Waals surface area contributed by atoms with Gasteiger partial charge in [-0.3, -0.25) is 24.6 Å². The summed E-state index contributed by atoms with van der Waals surface area (Å²) < 4.78 is 0. The minimum Gasteiger partial charge on any atom is -0.299 e. The molecule has 6 heteroatoms. The molecule has 0 aromatic heterocycles. The molecule has 1 rings (SSSR count). The van der Waals surface area contributed by atoms with Crippen LogP contribution < -0.4 is 4.90 Å². The molecule has 90 valence electrons. The standard InChI is InChI=1S/C11H12N2O4/c1-8(14)7-12(9(2)15)10-5-3-4-6-11(10)13(16)17/h3-6H,7H2,1-2H3. The molecule has 0 bridgehead atoms. The number of nitro benzene ring substituents is 1. The average molecular weight is 236 g/mol. The molecule has 0 heterocycles. The van der Waals surface area contributed by atoms with Gasteiger partial charge in [0, 0.05) is 13.0 Å². The zero-order valence-corrected chi connectivity index (χ0v) is 9.54. The van der Waals surface area contributed by atoms with E-state index in [1.54, 1.807) is 6.07 Å². The Balaban J connectivity index is 3.22. The van der Waals surface area contributed by atoms with E-state index >= 15 is 0 Å². The Morgan fingerprint density at radius 1 is 1.29 bits per heavy atom. The van der Waals surface area contributed by atoms with E-state index < -0.39 is 10.8 Å². The second-order valence-electron chi connectivity index (χ2n) is 3.55. The van der Waals surface area contributed by atoms with E-state index in [1.165, 1.54) is 32.0 Å². The molecule has 0 fully saturated rings. The van der Waals surface area contributed by atoms with Gasteiger partial charge in [0.05, 0.1) is 11.5 Å². The number of nitro groups is 1. The topological polar surface area (TPSA) is 80.5 Å². The summed E-state index contributed by atoms with van der Waals surface area (Å²) in [5.41, 5.74) is -0.0517. The molecule has 0 unspecified atom stereocenters. The molecule has 0 saturated heterocycles. The van der Waals surface area contributed by atoms with Crippen LogP contribution in [0.2, 0.25) is 0 Å². The van der Waals surface area contributed by atoms with Gasteiger partial charge >= 0.3 is 0 Å². The van der Waals surface area contributed by atoms with Crippen molar-refractivity contribution < 1.29 is 14.5 Å². The first-order valence-electron chi connectivity index (χ1n) is 4.94. The van der Waals surface area contributed by atoms with Crippen LogP contribution in [0.25, 0.3) is 0 Å². The summed E-state index contributed by atoms with van der Waals surface area (Å²) in [5.74, 6) is -0.646. The molecular formula is C11H12N2O4. The lowest BCUT2D eigenvalue weighted by Gasteiger charge is -2.19. The van der Waals surface area contributed by atoms with Crippen LogP contribution >= 0.6 is 0 Å². The number of hydrogen-bond donors (Lipinski definition) is 0. The molecule has 0 spiro atoms. The fourth-order valence-corrected chi connectivity index (χ4v) is 1.44. The number of anilines is 1. The smallest absolute Gasteiger partial charge is 0.292 e. The van der Waals surface area contributed by atoms with E-state index in [0.29, 0.717) is 0 Å². The number of ketones is 1. The van der Waals surface area contributed by atoms with Crippen molar-refractivity contribution in [2.24, 2.45) is 0 Å². The molecular weight excluding hydrogens is 224 g/mol. The van der Waals surface area contributed by atoms with Crippen LogP contribution in [0.4, 0.5) is 11.4 Å². The third-order valence-corrected chi connectivity index (χ3v) is 2.13. The first-order chi connectivity index (χ1) is 7.93. The molecule has 0 radical (unpaired) electrons. The molecule has 6 nitrogen and oxygen atoms in total. The summed E-state index contributed by atoms with van der Waals surface area (Å²) in [7, 11) is 0. The van der Waals surface area contributed by atoms with Gasteiger partial charge in [-0.2, -0.15) is 0 Å². The summed E-state index contributed by atoms with van der Waals surface area (Å²) in [4.78, 5) is 33.8. The van der Waals surface area contributed by atoms with Crippen molar-refractivity contribution in [3.05, 3.63) is 34.4 Å². The Kier molecular flexibility index (Phi) is 3.92. The summed E-state index contributed by atoms with van der Waals surface area (Å²) in [6.07, 6.45) is 0. The van der Waals surface area contributed by atoms with E-state index in [-0.39, 0.29) is 23.7 Å². The number of hydrogen-bond acceptors (Lipinski definition) is 4. The molecule has 1 aromatic carbocycles. The molecule has 0 aliphatic carbocycles. The van der Waals surface area contributed by atoms with Crippen LogP contribution in [-0.2, 0) is 9.59 Å². The number of amides is 1. The van der Waals surface area contributed by atoms with E-state index in [0.717, 1.165) is 4.90 Å². The normalized spacial score (nSPS) is 9.76. The van der Waals surface area contributed by atoms with Crippen molar-refractivity contribution in [3.63, 3.8) is 0 Å². The molecule has 0 N–H and O–H groups in total. The number of nitrogens with zero attached hydrogens (tertiary/aromatic N) is 2. The van der Waals surface area contributed by atoms with Crippen LogP contribution in [0.1, 0.15) is 13.8 Å². The highest BCUT2D eigenvalue weighted by molar-refractivity contribution is 5.99. The molecule has 1 amide bonds. The van der Waals surface area contributed by atoms with Gasteiger partial charge in [-0.1, -0.05) is 12.1 Å². The fourth-order valence-electron chi connectivity index (χ4n) is 1.44. The number of para-hydroxylation sites is 2. The minimum absolute atomic E-state index is 0.139. The molecule has 0 atom stereocenters. The summed E-state index contributed by atoms with van der Waals surface area (Å²) in [5, 5.41) is 10.8. The van der Waals surface area contributed by atoms with Crippen LogP contribution in [0.3, 0.4) is 0 Å². The van der Waals surface area contributed by atoms with E-state index in [2.05, 4.69) is 0 Å². The van der Waals surface area contributed by atoms with Gasteiger partial charge in [-0.05, 0) is 13.0 Å². The van der Waals surface area contributed by atoms with Gasteiger partial charge in [0.2, 0.25) is 5.91 Å². The number of rotatable bonds is 4. The monoisotopic (exact) mass is 236 g/mol. The highest BCUT2D eigenvalue weighted by atomic mass is 16.6. The predicted molar refractivity (Wildman–Crippen MR) is 61.8 cm³/mol. The second-order valence-corrected chi connectivity index (χ2v) is 3.55. The van der Waals surface area contributed by atoms with Crippen LogP contribution in [-0.4, -0.2) is 23.2 Å². The zero-order chi connectivity index (χ0) is 13.0. The van der Waals surface area contributed by atoms with Gasteiger partial charge in [0.15, 0.2) is 0 Å². The van der Waals surface area contributed by atoms with Gasteiger partial charge < -0.3 is 0 Å². The van der Waals surface area contributed by atoms with Gasteiger partial charge in [0.1, 0.15) is 11.5 Å². The summed E-state index contributed by atoms with van der Waals surface area (Å²) >= 11 is 0. The first-order valence-corrected chi connectivity index (χ1v) is 4.94. The average Bonchev–Trinajstić information content (AvgIpc) is 2.25. The Labute approximate surface area is 98.0 Å². The van der Waals surface area contributed by atoms with E-state index in [4.69, 9.17) is 0 Å². The molecule has 0 aliphatic heterocycles. The Bertz CT molecular complexity index is 470. The van der Waals surface area contributed by atoms with Crippen molar-refractivity contribution >= 4 is 23.1 Å². The molecule has 17 heavy (non-hydrogen) atoms. The van der Waals surface area contributed by atoms with E-state index in [9.17, 15) is 19.7 Å². The highest BCUT2D eigenvalue weighted by Crippen LogP contribution is 2.27. The second kappa shape index (κ2) is 5.20. The first kappa shape index (κ1) is 12.8. The molecule has 1 aromatic rings. The lowest BCUT2D eigenvalue weighted by molar-refractivity contribution is -0.384. The van der Waals surface area contributed by atoms with Crippen molar-refractivity contribution in [2.45, 2.75) is 13.8 Å². The zero-order valence-electron chi connectivity index (χ0n) is 9.54. The third-order valence-electron chi connectivity index (χ3n) is 2.13. The Morgan fingerprint density at radius 3 is 2.35 bits per heavy atom. The quantitative estimate of drug-likeness (QED) is 0.586. The maximum atomic E-state index is 11.4. The highest BCUT2D eigenvalue weighted by Gasteiger charge is 2.22. The van der Waals surface area contributed by atoms with E-state index in [1.807, 2.05) is 0 Å². The molecule has 0 saturated carbocycles. The van der Waals surface area contributed by atoms with Gasteiger partial charge in [0.25, 0.3) is 5.69 Å². The maximum absolute atomic E-state index is 11.4. The maximum Gasteiger partial charge on any atom is 0.292 e. The minimum atomic E-state index is -0.578. The summed E-state index contributed by atoms with van der Waals surface area (Å²) in [6, 6.07) is 5.83. The molecule has 0 aliphatic rings. The number of Topliss-reactive ketones (excluding diaryl/α,β-unsaturated/α-hetero) is 1. The number of carbonyl (C=O) groups excluding carboxylic acids is 2.